The van der Waals surface area contributed by atoms with E-state index >= 15 is 0 Å². The largest absolute Gasteiger partial charge is 0.371 e. The Morgan fingerprint density at radius 2 is 1.96 bits per heavy atom. The van der Waals surface area contributed by atoms with Crippen LogP contribution in [-0.4, -0.2) is 24.0 Å². The second-order valence-corrected chi connectivity index (χ2v) is 6.83. The second-order valence-electron chi connectivity index (χ2n) is 6.83. The minimum Gasteiger partial charge on any atom is -0.371 e. The number of aromatic nitrogens is 1. The molecule has 0 bridgehead atoms. The lowest BCUT2D eigenvalue weighted by atomic mass is 9.85. The number of rotatable bonds is 3. The van der Waals surface area contributed by atoms with Gasteiger partial charge in [0.05, 0.1) is 5.52 Å². The molecule has 4 rings (SSSR count). The van der Waals surface area contributed by atoms with Gasteiger partial charge in [0, 0.05) is 41.5 Å². The van der Waals surface area contributed by atoms with Gasteiger partial charge in [0.25, 0.3) is 0 Å². The smallest absolute Gasteiger partial charge is 0.227 e. The Bertz CT molecular complexity index is 746. The molecule has 2 fully saturated rings. The molecule has 1 N–H and O–H groups in total. The summed E-state index contributed by atoms with van der Waals surface area (Å²) in [4.78, 5) is 19.3. The molecule has 0 atom stereocenters. The van der Waals surface area contributed by atoms with Crippen molar-refractivity contribution in [1.29, 1.82) is 0 Å². The van der Waals surface area contributed by atoms with Crippen molar-refractivity contribution in [3.05, 3.63) is 30.0 Å². The number of benzene rings is 1. The third-order valence-electron chi connectivity index (χ3n) is 5.11. The number of nitrogens with zero attached hydrogens (tertiary/aromatic N) is 2. The number of hydrogen-bond acceptors (Lipinski definition) is 3. The van der Waals surface area contributed by atoms with Crippen LogP contribution in [0.1, 0.15) is 37.8 Å². The van der Waals surface area contributed by atoms with E-state index in [-0.39, 0.29) is 11.8 Å². The average Bonchev–Trinajstić information content (AvgIpc) is 2.98. The summed E-state index contributed by atoms with van der Waals surface area (Å²) in [5.74, 6) is 0.361. The van der Waals surface area contributed by atoms with Crippen LogP contribution in [0.2, 0.25) is 0 Å². The number of anilines is 2. The van der Waals surface area contributed by atoms with Crippen LogP contribution < -0.4 is 10.2 Å². The molecule has 0 unspecified atom stereocenters. The van der Waals surface area contributed by atoms with E-state index in [4.69, 9.17) is 0 Å². The summed E-state index contributed by atoms with van der Waals surface area (Å²) in [6.45, 7) is 4.29. The number of amides is 1. The first-order valence-corrected chi connectivity index (χ1v) is 8.68. The number of carbonyl (C=O) groups is 1. The predicted molar refractivity (Wildman–Crippen MR) is 93.9 cm³/mol. The molecule has 2 aromatic rings. The number of hydrogen-bond donors (Lipinski definition) is 1. The Morgan fingerprint density at radius 3 is 2.65 bits per heavy atom. The van der Waals surface area contributed by atoms with Crippen molar-refractivity contribution in [2.24, 2.45) is 5.92 Å². The van der Waals surface area contributed by atoms with Crippen molar-refractivity contribution >= 4 is 28.2 Å². The minimum absolute atomic E-state index is 0.156. The van der Waals surface area contributed by atoms with Gasteiger partial charge >= 0.3 is 0 Å². The maximum absolute atomic E-state index is 12.1. The topological polar surface area (TPSA) is 45.2 Å². The van der Waals surface area contributed by atoms with Crippen molar-refractivity contribution < 1.29 is 4.79 Å². The minimum atomic E-state index is 0.156. The van der Waals surface area contributed by atoms with Gasteiger partial charge in [-0.15, -0.1) is 0 Å². The summed E-state index contributed by atoms with van der Waals surface area (Å²) in [6, 6.07) is 8.31. The van der Waals surface area contributed by atoms with E-state index in [9.17, 15) is 4.79 Å². The van der Waals surface area contributed by atoms with Crippen LogP contribution in [0.5, 0.6) is 0 Å². The molecule has 0 spiro atoms. The van der Waals surface area contributed by atoms with Crippen LogP contribution in [0.4, 0.5) is 11.4 Å². The lowest BCUT2D eigenvalue weighted by Crippen LogP contribution is -2.28. The Balaban J connectivity index is 1.66. The van der Waals surface area contributed by atoms with Gasteiger partial charge in [-0.3, -0.25) is 9.78 Å². The first-order valence-electron chi connectivity index (χ1n) is 8.68. The maximum atomic E-state index is 12.1. The average molecular weight is 309 g/mol. The first kappa shape index (κ1) is 14.5. The fraction of sp³-hybridized carbons (Fsp3) is 0.474. The highest BCUT2D eigenvalue weighted by Crippen LogP contribution is 2.32. The van der Waals surface area contributed by atoms with E-state index in [0.29, 0.717) is 0 Å². The molecule has 2 heterocycles. The quantitative estimate of drug-likeness (QED) is 0.936. The van der Waals surface area contributed by atoms with Crippen LogP contribution in [0, 0.1) is 12.8 Å². The zero-order valence-electron chi connectivity index (χ0n) is 13.6. The Kier molecular flexibility index (Phi) is 3.68. The van der Waals surface area contributed by atoms with E-state index in [2.05, 4.69) is 27.3 Å². The summed E-state index contributed by atoms with van der Waals surface area (Å²) in [5.41, 5.74) is 4.14. The number of carbonyl (C=O) groups excluding carboxylic acids is 1. The van der Waals surface area contributed by atoms with Gasteiger partial charge in [0.2, 0.25) is 5.91 Å². The third kappa shape index (κ3) is 2.78. The lowest BCUT2D eigenvalue weighted by Gasteiger charge is -2.24. The van der Waals surface area contributed by atoms with Crippen LogP contribution in [0.25, 0.3) is 10.9 Å². The van der Waals surface area contributed by atoms with Gasteiger partial charge in [-0.1, -0.05) is 6.42 Å². The lowest BCUT2D eigenvalue weighted by molar-refractivity contribution is -0.122. The summed E-state index contributed by atoms with van der Waals surface area (Å²) in [6.07, 6.45) is 5.75. The molecule has 120 valence electrons. The van der Waals surface area contributed by atoms with Gasteiger partial charge in [0.15, 0.2) is 0 Å². The van der Waals surface area contributed by atoms with E-state index in [0.717, 1.165) is 42.8 Å². The van der Waals surface area contributed by atoms with E-state index in [1.165, 1.54) is 30.3 Å². The fourth-order valence-corrected chi connectivity index (χ4v) is 3.55. The maximum Gasteiger partial charge on any atom is 0.227 e. The molecular formula is C19H23N3O. The van der Waals surface area contributed by atoms with Crippen molar-refractivity contribution in [2.45, 2.75) is 39.0 Å². The summed E-state index contributed by atoms with van der Waals surface area (Å²) in [7, 11) is 0. The summed E-state index contributed by atoms with van der Waals surface area (Å²) >= 11 is 0. The first-order chi connectivity index (χ1) is 11.2. The predicted octanol–water partition coefficient (Wildman–Crippen LogP) is 3.88. The molecule has 2 aliphatic rings. The van der Waals surface area contributed by atoms with Gasteiger partial charge < -0.3 is 10.2 Å². The van der Waals surface area contributed by atoms with Crippen LogP contribution >= 0.6 is 0 Å². The molecule has 4 nitrogen and oxygen atoms in total. The molecule has 1 saturated heterocycles. The molecule has 23 heavy (non-hydrogen) atoms. The van der Waals surface area contributed by atoms with Crippen molar-refractivity contribution in [3.8, 4) is 0 Å². The van der Waals surface area contributed by atoms with E-state index in [1.807, 2.05) is 19.1 Å². The zero-order valence-corrected chi connectivity index (χ0v) is 13.6. The van der Waals surface area contributed by atoms with Crippen molar-refractivity contribution in [1.82, 2.24) is 4.98 Å². The number of pyridine rings is 1. The number of aryl methyl sites for hydroxylation is 1. The molecular weight excluding hydrogens is 286 g/mol. The van der Waals surface area contributed by atoms with Crippen LogP contribution in [0.3, 0.4) is 0 Å². The highest BCUT2D eigenvalue weighted by molar-refractivity contribution is 5.98. The Morgan fingerprint density at radius 1 is 1.17 bits per heavy atom. The van der Waals surface area contributed by atoms with E-state index in [1.54, 1.807) is 0 Å². The third-order valence-corrected chi connectivity index (χ3v) is 5.11. The second kappa shape index (κ2) is 5.84. The van der Waals surface area contributed by atoms with Crippen LogP contribution in [-0.2, 0) is 4.79 Å². The molecule has 1 saturated carbocycles. The highest BCUT2D eigenvalue weighted by Gasteiger charge is 2.25. The zero-order chi connectivity index (χ0) is 15.8. The number of fused-ring (bicyclic) bond motifs is 1. The fourth-order valence-electron chi connectivity index (χ4n) is 3.55. The standard InChI is InChI=1S/C19H23N3O/c1-13-11-18(22-9-2-3-10-22)16-8-7-15(12-17(16)20-13)21-19(23)14-5-4-6-14/h7-8,11-12,14H,2-6,9-10H2,1H3,(H,21,23). The molecule has 1 aliphatic carbocycles. The molecule has 1 aliphatic heterocycles. The Hall–Kier alpha value is -2.10. The van der Waals surface area contributed by atoms with Crippen LogP contribution in [0.15, 0.2) is 24.3 Å². The highest BCUT2D eigenvalue weighted by atomic mass is 16.1. The van der Waals surface area contributed by atoms with Gasteiger partial charge in [0.1, 0.15) is 0 Å². The van der Waals surface area contributed by atoms with E-state index < -0.39 is 0 Å². The van der Waals surface area contributed by atoms with Gasteiger partial charge in [-0.2, -0.15) is 0 Å². The monoisotopic (exact) mass is 309 g/mol. The summed E-state index contributed by atoms with van der Waals surface area (Å²) < 4.78 is 0. The van der Waals surface area contributed by atoms with Crippen molar-refractivity contribution in [3.63, 3.8) is 0 Å². The molecule has 1 amide bonds. The van der Waals surface area contributed by atoms with Gasteiger partial charge in [-0.25, -0.2) is 0 Å². The molecule has 1 aromatic carbocycles. The normalized spacial score (nSPS) is 18.2. The molecule has 0 radical (unpaired) electrons. The van der Waals surface area contributed by atoms with Crippen molar-refractivity contribution in [2.75, 3.05) is 23.3 Å². The Labute approximate surface area is 136 Å². The molecule has 4 heteroatoms. The van der Waals surface area contributed by atoms with Gasteiger partial charge in [-0.05, 0) is 56.9 Å². The SMILES string of the molecule is Cc1cc(N2CCCC2)c2ccc(NC(=O)C3CCC3)cc2n1. The molecule has 1 aromatic heterocycles. The number of nitrogens with one attached hydrogen (secondary N) is 1. The summed E-state index contributed by atoms with van der Waals surface area (Å²) in [5, 5.41) is 4.23.